The van der Waals surface area contributed by atoms with Gasteiger partial charge in [-0.1, -0.05) is 58.6 Å². The summed E-state index contributed by atoms with van der Waals surface area (Å²) in [6, 6.07) is 8.61. The molecule has 4 aliphatic rings. The fraction of sp³-hybridized carbons (Fsp3) is 0.625. The molecule has 0 radical (unpaired) electrons. The Morgan fingerprint density at radius 3 is 1.45 bits per heavy atom. The number of nitrogens with one attached hydrogen (secondary N) is 2. The summed E-state index contributed by atoms with van der Waals surface area (Å²) in [6.07, 6.45) is 14.8. The third kappa shape index (κ3) is 22.9. The molecule has 4 heterocycles. The second-order valence-electron chi connectivity index (χ2n) is 16.4. The summed E-state index contributed by atoms with van der Waals surface area (Å²) in [7, 11) is 0. The van der Waals surface area contributed by atoms with Crippen LogP contribution in [0.4, 0.5) is 9.59 Å². The van der Waals surface area contributed by atoms with E-state index in [1.807, 2.05) is 0 Å². The van der Waals surface area contributed by atoms with Gasteiger partial charge in [0, 0.05) is 64.8 Å². The second kappa shape index (κ2) is 34.2. The van der Waals surface area contributed by atoms with Gasteiger partial charge in [0.1, 0.15) is 0 Å². The predicted molar refractivity (Wildman–Crippen MR) is 249 cm³/mol. The fourth-order valence-corrected chi connectivity index (χ4v) is 7.35. The number of amides is 8. The number of halogens is 1. The Hall–Kier alpha value is -5.13. The minimum atomic E-state index is -0.395. The van der Waals surface area contributed by atoms with Crippen molar-refractivity contribution in [3.05, 3.63) is 47.5 Å². The molecule has 8 amide bonds. The lowest BCUT2D eigenvalue weighted by Crippen LogP contribution is -3.00. The van der Waals surface area contributed by atoms with Gasteiger partial charge in [-0.25, -0.2) is 9.59 Å². The number of rotatable bonds is 8. The van der Waals surface area contributed by atoms with Crippen LogP contribution in [-0.4, -0.2) is 135 Å². The average Bonchev–Trinajstić information content (AvgIpc) is 3.85. The quantitative estimate of drug-likeness (QED) is 0.190. The third-order valence-electron chi connectivity index (χ3n) is 11.4. The van der Waals surface area contributed by atoms with E-state index in [-0.39, 0.29) is 65.1 Å². The summed E-state index contributed by atoms with van der Waals surface area (Å²) < 4.78 is 0. The Morgan fingerprint density at radius 2 is 1.02 bits per heavy atom. The largest absolute Gasteiger partial charge is 1.00 e. The lowest BCUT2D eigenvalue weighted by molar-refractivity contribution is -0.366. The first-order valence-corrected chi connectivity index (χ1v) is 23.8. The third-order valence-corrected chi connectivity index (χ3v) is 11.4. The van der Waals surface area contributed by atoms with Crippen LogP contribution in [0.1, 0.15) is 135 Å². The van der Waals surface area contributed by atoms with Gasteiger partial charge in [0.25, 0.3) is 0 Å². The molecular weight excluding hydrogens is 870 g/mol. The number of benzene rings is 2. The summed E-state index contributed by atoms with van der Waals surface area (Å²) in [4.78, 5) is 76.5. The molecule has 4 fully saturated rings. The second-order valence-corrected chi connectivity index (χ2v) is 16.4. The number of phenols is 4. The average molecular weight is 949 g/mol. The molecule has 6 rings (SSSR count). The molecule has 2 aromatic carbocycles. The van der Waals surface area contributed by atoms with Crippen LogP contribution < -0.4 is 28.8 Å². The molecule has 9 N–H and O–H groups in total. The van der Waals surface area contributed by atoms with Crippen LogP contribution in [0.25, 0.3) is 0 Å². The highest BCUT2D eigenvalue weighted by molar-refractivity contribution is 6.02. The molecule has 0 atom stereocenters. The van der Waals surface area contributed by atoms with E-state index in [1.165, 1.54) is 59.0 Å². The van der Waals surface area contributed by atoms with E-state index >= 15 is 0 Å². The topological polar surface area (TPSA) is 248 Å². The van der Waals surface area contributed by atoms with Gasteiger partial charge in [0.2, 0.25) is 23.6 Å². The van der Waals surface area contributed by atoms with Crippen molar-refractivity contribution in [3.8, 4) is 23.0 Å². The molecule has 372 valence electrons. The molecule has 0 saturated carbocycles. The fourth-order valence-electron chi connectivity index (χ4n) is 7.35. The zero-order chi connectivity index (χ0) is 48.0. The van der Waals surface area contributed by atoms with Crippen LogP contribution in [-0.2, 0) is 32.0 Å². The lowest BCUT2D eigenvalue weighted by Gasteiger charge is -2.26. The number of quaternary nitrogens is 1. The number of hydrogen-bond acceptors (Lipinski definition) is 11. The molecule has 4 aliphatic heterocycles. The van der Waals surface area contributed by atoms with Crippen molar-refractivity contribution < 1.29 is 67.3 Å². The van der Waals surface area contributed by atoms with E-state index in [0.717, 1.165) is 108 Å². The number of urea groups is 2. The highest BCUT2D eigenvalue weighted by atomic mass is 35.5. The van der Waals surface area contributed by atoms with E-state index in [1.54, 1.807) is 18.2 Å². The maximum Gasteiger partial charge on any atom is 0.333 e. The predicted octanol–water partition coefficient (Wildman–Crippen LogP) is 2.58. The van der Waals surface area contributed by atoms with E-state index < -0.39 is 6.03 Å². The van der Waals surface area contributed by atoms with E-state index in [0.29, 0.717) is 51.9 Å². The minimum Gasteiger partial charge on any atom is -1.00 e. The first-order chi connectivity index (χ1) is 31.3. The molecule has 4 saturated heterocycles. The van der Waals surface area contributed by atoms with Crippen molar-refractivity contribution in [1.82, 2.24) is 30.2 Å². The molecule has 2 aromatic rings. The highest BCUT2D eigenvalue weighted by Gasteiger charge is 2.31. The van der Waals surface area contributed by atoms with Crippen LogP contribution in [0.5, 0.6) is 23.0 Å². The van der Waals surface area contributed by atoms with Crippen LogP contribution in [0.15, 0.2) is 36.4 Å². The summed E-state index contributed by atoms with van der Waals surface area (Å²) in [6.45, 7) is 13.6. The first-order valence-electron chi connectivity index (χ1n) is 23.8. The van der Waals surface area contributed by atoms with Crippen molar-refractivity contribution in [1.29, 1.82) is 0 Å². The summed E-state index contributed by atoms with van der Waals surface area (Å²) in [5, 5.41) is 42.1. The van der Waals surface area contributed by atoms with Crippen LogP contribution in [0.2, 0.25) is 0 Å². The van der Waals surface area contributed by atoms with Gasteiger partial charge in [0.05, 0.1) is 6.54 Å². The number of hydrogen-bond donors (Lipinski definition) is 7. The van der Waals surface area contributed by atoms with Gasteiger partial charge in [0.15, 0.2) is 23.0 Å². The normalized spacial score (nSPS) is 16.5. The van der Waals surface area contributed by atoms with Gasteiger partial charge in [-0.3, -0.25) is 33.9 Å². The number of phenolic OH excluding ortho intramolecular Hbond substituents is 4. The van der Waals surface area contributed by atoms with Crippen molar-refractivity contribution in [2.24, 2.45) is 0 Å². The maximum atomic E-state index is 12.3. The number of aromatic hydroxyl groups is 4. The van der Waals surface area contributed by atoms with Gasteiger partial charge >= 0.3 is 12.1 Å². The van der Waals surface area contributed by atoms with Gasteiger partial charge < -0.3 is 54.1 Å². The summed E-state index contributed by atoms with van der Waals surface area (Å²) in [5.41, 5.74) is 5.48. The molecule has 18 heteroatoms. The molecular formula is C48H78ClN7O10. The minimum absolute atomic E-state index is 0. The van der Waals surface area contributed by atoms with Gasteiger partial charge in [-0.15, -0.1) is 0 Å². The van der Waals surface area contributed by atoms with Crippen molar-refractivity contribution in [2.45, 2.75) is 136 Å². The van der Waals surface area contributed by atoms with Crippen LogP contribution in [0.3, 0.4) is 0 Å². The smallest absolute Gasteiger partial charge is 0.333 e. The molecule has 0 spiro atoms. The number of nitrogens with zero attached hydrogens (tertiary/aromatic N) is 4. The Labute approximate surface area is 397 Å². The Morgan fingerprint density at radius 1 is 0.591 bits per heavy atom. The van der Waals surface area contributed by atoms with Crippen LogP contribution in [0, 0.1) is 0 Å². The van der Waals surface area contributed by atoms with Crippen LogP contribution >= 0.6 is 0 Å². The summed E-state index contributed by atoms with van der Waals surface area (Å²) in [5.74, 6) is -0.632. The number of imide groups is 3. The monoisotopic (exact) mass is 948 g/mol. The Kier molecular flexibility index (Phi) is 30.5. The molecule has 66 heavy (non-hydrogen) atoms. The van der Waals surface area contributed by atoms with E-state index in [4.69, 9.17) is 10.2 Å². The Bertz CT molecular complexity index is 1730. The zero-order valence-electron chi connectivity index (χ0n) is 39.7. The van der Waals surface area contributed by atoms with Crippen molar-refractivity contribution in [2.75, 3.05) is 58.9 Å². The molecule has 0 unspecified atom stereocenters. The first kappa shape index (κ1) is 58.9. The van der Waals surface area contributed by atoms with E-state index in [9.17, 15) is 39.0 Å². The molecule has 0 aliphatic carbocycles. The maximum absolute atomic E-state index is 12.3. The number of carbonyl (C=O) groups is 6. The highest BCUT2D eigenvalue weighted by Crippen LogP contribution is 2.26. The van der Waals surface area contributed by atoms with Gasteiger partial charge in [-0.05, 0) is 113 Å². The Balaban J connectivity index is 0.000000437. The number of carbonyl (C=O) groups excluding carboxylic acids is 6. The lowest BCUT2D eigenvalue weighted by atomic mass is 10.1. The number of likely N-dealkylation sites (tertiary alicyclic amines) is 3. The van der Waals surface area contributed by atoms with Gasteiger partial charge in [-0.2, -0.15) is 0 Å². The standard InChI is InChI=1S/C15H20N2O4.C13H20N2O3.C8H11NO2.C6H11NO.C6H15N.ClH/c18-12-6-5-11(10-13(12)19)7-8-16-15(21)17-9-3-1-2-4-14(17)20;16-11-7-3-1-5-9-14(11)13(18)15-10-6-2-4-8-12(15)17;9-4-3-6-1-2-7(10)8(11)5-6;8-6-4-2-1-3-5-7-6;1-4-7(5-2)6-3;/h5-6,10,18-19H,1-4,7-9H2,(H,16,21);1-10H2;1-2,5,10-11H,3-4,9H2;1-5H2,(H,7,8);4-6H2,1-3H3;1H. The van der Waals surface area contributed by atoms with E-state index in [2.05, 4.69) is 42.0 Å². The summed E-state index contributed by atoms with van der Waals surface area (Å²) >= 11 is 0. The zero-order valence-corrected chi connectivity index (χ0v) is 40.4. The van der Waals surface area contributed by atoms with Crippen molar-refractivity contribution in [3.63, 3.8) is 0 Å². The molecule has 0 aromatic heterocycles. The molecule has 0 bridgehead atoms. The van der Waals surface area contributed by atoms with Crippen molar-refractivity contribution >= 4 is 35.7 Å². The molecule has 17 nitrogen and oxygen atoms in total. The SMILES string of the molecule is CCN(CC)CC.O=C1CCCCCN1.O=C1CCCCCN1C(=O)N1CCCCCC1=O.O=C1CCCCCN1C(=O)NCCc1ccc(O)c(O)c1.[Cl-].[NH3+]CCc1ccc(O)c(O)c1.